The van der Waals surface area contributed by atoms with Gasteiger partial charge in [-0.15, -0.1) is 0 Å². The highest BCUT2D eigenvalue weighted by Crippen LogP contribution is 2.32. The van der Waals surface area contributed by atoms with Gasteiger partial charge in [-0.2, -0.15) is 0 Å². The van der Waals surface area contributed by atoms with Crippen LogP contribution in [-0.4, -0.2) is 24.7 Å². The zero-order valence-corrected chi connectivity index (χ0v) is 15.6. The first-order valence-corrected chi connectivity index (χ1v) is 8.29. The van der Waals surface area contributed by atoms with Crippen LogP contribution in [0.25, 0.3) is 0 Å². The minimum absolute atomic E-state index is 0.00242. The Morgan fingerprint density at radius 1 is 1.26 bits per heavy atom. The molecule has 1 aromatic carbocycles. The molecule has 0 heterocycles. The van der Waals surface area contributed by atoms with Crippen molar-refractivity contribution in [2.75, 3.05) is 6.61 Å². The van der Waals surface area contributed by atoms with Gasteiger partial charge in [0.05, 0.1) is 5.02 Å². The number of halogens is 1. The van der Waals surface area contributed by atoms with E-state index in [4.69, 9.17) is 26.8 Å². The molecule has 0 aliphatic carbocycles. The third-order valence-electron chi connectivity index (χ3n) is 3.58. The second kappa shape index (κ2) is 8.02. The first-order chi connectivity index (χ1) is 10.5. The second-order valence-electron chi connectivity index (χ2n) is 7.22. The van der Waals surface area contributed by atoms with Gasteiger partial charge in [0.2, 0.25) is 0 Å². The molecular formula is C18H28ClNO3. The topological polar surface area (TPSA) is 61.6 Å². The van der Waals surface area contributed by atoms with Crippen molar-refractivity contribution in [2.24, 2.45) is 11.7 Å². The standard InChI is InChI=1S/C18H28ClNO3/c1-11(2)16(20)17(21)22-10-12(3)23-15-9-13(18(4,5)6)7-8-14(15)19/h7-9,11-12,16H,10,20H2,1-6H3/t12-,16-/m0/s1. The number of carbonyl (C=O) groups excluding carboxylic acids is 1. The first kappa shape index (κ1) is 19.8. The Labute approximate surface area is 144 Å². The Kier molecular flexibility index (Phi) is 6.90. The number of esters is 1. The highest BCUT2D eigenvalue weighted by atomic mass is 35.5. The minimum Gasteiger partial charge on any atom is -0.486 e. The summed E-state index contributed by atoms with van der Waals surface area (Å²) in [7, 11) is 0. The summed E-state index contributed by atoms with van der Waals surface area (Å²) >= 11 is 6.19. The van der Waals surface area contributed by atoms with E-state index in [-0.39, 0.29) is 24.0 Å². The number of benzene rings is 1. The van der Waals surface area contributed by atoms with Gasteiger partial charge >= 0.3 is 5.97 Å². The van der Waals surface area contributed by atoms with Crippen molar-refractivity contribution in [3.8, 4) is 5.75 Å². The highest BCUT2D eigenvalue weighted by Gasteiger charge is 2.21. The van der Waals surface area contributed by atoms with Gasteiger partial charge in [0.25, 0.3) is 0 Å². The SMILES string of the molecule is CC(C)[C@H](N)C(=O)OC[C@H](C)Oc1cc(C(C)(C)C)ccc1Cl. The second-order valence-corrected chi connectivity index (χ2v) is 7.63. The van der Waals surface area contributed by atoms with E-state index in [1.165, 1.54) is 0 Å². The van der Waals surface area contributed by atoms with Gasteiger partial charge in [0.1, 0.15) is 24.5 Å². The average molecular weight is 342 g/mol. The van der Waals surface area contributed by atoms with Crippen molar-refractivity contribution in [3.63, 3.8) is 0 Å². The zero-order valence-electron chi connectivity index (χ0n) is 14.9. The molecule has 4 nitrogen and oxygen atoms in total. The van der Waals surface area contributed by atoms with Crippen LogP contribution >= 0.6 is 11.6 Å². The van der Waals surface area contributed by atoms with Gasteiger partial charge < -0.3 is 15.2 Å². The molecule has 0 aliphatic rings. The van der Waals surface area contributed by atoms with E-state index in [0.717, 1.165) is 5.56 Å². The third kappa shape index (κ3) is 6.04. The number of hydrogen-bond donors (Lipinski definition) is 1. The summed E-state index contributed by atoms with van der Waals surface area (Å²) in [6, 6.07) is 5.13. The number of nitrogens with two attached hydrogens (primary N) is 1. The van der Waals surface area contributed by atoms with Crippen LogP contribution in [0.15, 0.2) is 18.2 Å². The number of carbonyl (C=O) groups is 1. The van der Waals surface area contributed by atoms with Gasteiger partial charge in [-0.05, 0) is 36.0 Å². The van der Waals surface area contributed by atoms with Crippen molar-refractivity contribution >= 4 is 17.6 Å². The Bertz CT molecular complexity index is 538. The van der Waals surface area contributed by atoms with Crippen molar-refractivity contribution in [3.05, 3.63) is 28.8 Å². The van der Waals surface area contributed by atoms with Gasteiger partial charge in [-0.25, -0.2) is 0 Å². The number of hydrogen-bond acceptors (Lipinski definition) is 4. The lowest BCUT2D eigenvalue weighted by Gasteiger charge is -2.22. The van der Waals surface area contributed by atoms with E-state index in [9.17, 15) is 4.79 Å². The van der Waals surface area contributed by atoms with Crippen molar-refractivity contribution < 1.29 is 14.3 Å². The summed E-state index contributed by atoms with van der Waals surface area (Å²) in [5.74, 6) is 0.220. The first-order valence-electron chi connectivity index (χ1n) is 7.91. The molecule has 2 atom stereocenters. The summed E-state index contributed by atoms with van der Waals surface area (Å²) in [5, 5.41) is 0.537. The largest absolute Gasteiger partial charge is 0.486 e. The molecule has 1 aromatic rings. The van der Waals surface area contributed by atoms with Gasteiger partial charge in [-0.3, -0.25) is 4.79 Å². The summed E-state index contributed by atoms with van der Waals surface area (Å²) in [4.78, 5) is 11.8. The summed E-state index contributed by atoms with van der Waals surface area (Å²) in [6.07, 6.45) is -0.314. The van der Waals surface area contributed by atoms with Crippen molar-refractivity contribution in [1.29, 1.82) is 0 Å². The van der Waals surface area contributed by atoms with Crippen LogP contribution < -0.4 is 10.5 Å². The molecule has 0 fully saturated rings. The summed E-state index contributed by atoms with van der Waals surface area (Å²) < 4.78 is 11.0. The maximum absolute atomic E-state index is 11.8. The molecule has 23 heavy (non-hydrogen) atoms. The quantitative estimate of drug-likeness (QED) is 0.796. The van der Waals surface area contributed by atoms with Crippen LogP contribution in [0, 0.1) is 5.92 Å². The number of ether oxygens (including phenoxy) is 2. The molecule has 0 radical (unpaired) electrons. The third-order valence-corrected chi connectivity index (χ3v) is 3.89. The van der Waals surface area contributed by atoms with E-state index in [2.05, 4.69) is 20.8 Å². The lowest BCUT2D eigenvalue weighted by molar-refractivity contribution is -0.148. The maximum Gasteiger partial charge on any atom is 0.323 e. The smallest absolute Gasteiger partial charge is 0.323 e. The molecule has 0 saturated carbocycles. The molecule has 0 saturated heterocycles. The molecule has 0 aliphatic heterocycles. The lowest BCUT2D eigenvalue weighted by Crippen LogP contribution is -2.38. The molecule has 0 aromatic heterocycles. The van der Waals surface area contributed by atoms with Crippen LogP contribution in [-0.2, 0) is 14.9 Å². The fourth-order valence-corrected chi connectivity index (χ4v) is 2.04. The van der Waals surface area contributed by atoms with Crippen LogP contribution in [0.5, 0.6) is 5.75 Å². The minimum atomic E-state index is -0.616. The van der Waals surface area contributed by atoms with Crippen LogP contribution in [0.3, 0.4) is 0 Å². The Morgan fingerprint density at radius 3 is 2.39 bits per heavy atom. The average Bonchev–Trinajstić information content (AvgIpc) is 2.44. The van der Waals surface area contributed by atoms with E-state index in [1.807, 2.05) is 39.0 Å². The predicted octanol–water partition coefficient (Wildman–Crippen LogP) is 3.93. The molecule has 2 N–H and O–H groups in total. The summed E-state index contributed by atoms with van der Waals surface area (Å²) in [5.41, 5.74) is 6.88. The van der Waals surface area contributed by atoms with Gasteiger partial charge in [-0.1, -0.05) is 52.3 Å². The molecule has 0 unspecified atom stereocenters. The maximum atomic E-state index is 11.8. The molecule has 0 amide bonds. The normalized spacial score (nSPS) is 14.5. The van der Waals surface area contributed by atoms with Gasteiger partial charge in [0.15, 0.2) is 0 Å². The molecule has 130 valence electrons. The molecule has 0 spiro atoms. The van der Waals surface area contributed by atoms with Gasteiger partial charge in [0, 0.05) is 0 Å². The van der Waals surface area contributed by atoms with Crippen LogP contribution in [0.1, 0.15) is 47.1 Å². The van der Waals surface area contributed by atoms with E-state index < -0.39 is 12.0 Å². The van der Waals surface area contributed by atoms with Crippen molar-refractivity contribution in [2.45, 2.75) is 59.1 Å². The molecule has 1 rings (SSSR count). The number of rotatable bonds is 6. The van der Waals surface area contributed by atoms with Crippen molar-refractivity contribution in [1.82, 2.24) is 0 Å². The monoisotopic (exact) mass is 341 g/mol. The fraction of sp³-hybridized carbons (Fsp3) is 0.611. The van der Waals surface area contributed by atoms with Crippen LogP contribution in [0.2, 0.25) is 5.02 Å². The van der Waals surface area contributed by atoms with Crippen LogP contribution in [0.4, 0.5) is 0 Å². The van der Waals surface area contributed by atoms with E-state index >= 15 is 0 Å². The molecule has 0 bridgehead atoms. The molecular weight excluding hydrogens is 314 g/mol. The zero-order chi connectivity index (χ0) is 17.8. The Hall–Kier alpha value is -1.26. The Morgan fingerprint density at radius 2 is 1.87 bits per heavy atom. The van der Waals surface area contributed by atoms with E-state index in [1.54, 1.807) is 0 Å². The Balaban J connectivity index is 2.67. The predicted molar refractivity (Wildman–Crippen MR) is 94.0 cm³/mol. The lowest BCUT2D eigenvalue weighted by atomic mass is 9.87. The fourth-order valence-electron chi connectivity index (χ4n) is 1.88. The highest BCUT2D eigenvalue weighted by molar-refractivity contribution is 6.32. The summed E-state index contributed by atoms with van der Waals surface area (Å²) in [6.45, 7) is 12.1. The molecule has 5 heteroatoms. The van der Waals surface area contributed by atoms with E-state index in [0.29, 0.717) is 10.8 Å².